The van der Waals surface area contributed by atoms with Crippen LogP contribution in [0.3, 0.4) is 0 Å². The molecule has 6 nitrogen and oxygen atoms in total. The second-order valence-electron chi connectivity index (χ2n) is 7.14. The fourth-order valence-corrected chi connectivity index (χ4v) is 3.34. The number of rotatable bonds is 5. The monoisotopic (exact) mass is 382 g/mol. The largest absolute Gasteiger partial charge is 0.507 e. The smallest absolute Gasteiger partial charge is 0.258 e. The molecule has 2 aromatic carbocycles. The summed E-state index contributed by atoms with van der Waals surface area (Å²) in [4.78, 5) is 26.5. The Labute approximate surface area is 165 Å². The standard InChI is InChI=1S/C22H26N2O4/c1-15-6-5-9-20(16(15)2)28-14-21(26)23-17-10-12-24(13-11-17)22(27)18-7-3-4-8-19(18)25/h3-9,17,25H,10-14H2,1-2H3,(H,23,26). The zero-order chi connectivity index (χ0) is 20.1. The van der Waals surface area contributed by atoms with Crippen molar-refractivity contribution in [2.75, 3.05) is 19.7 Å². The number of phenolic OH excluding ortho intramolecular Hbond substituents is 1. The molecule has 0 unspecified atom stereocenters. The number of amides is 2. The highest BCUT2D eigenvalue weighted by Crippen LogP contribution is 2.21. The first kappa shape index (κ1) is 19.7. The quantitative estimate of drug-likeness (QED) is 0.834. The Morgan fingerprint density at radius 1 is 1.11 bits per heavy atom. The summed E-state index contributed by atoms with van der Waals surface area (Å²) in [5, 5.41) is 12.8. The SMILES string of the molecule is Cc1cccc(OCC(=O)NC2CCN(C(=O)c3ccccc3O)CC2)c1C. The summed E-state index contributed by atoms with van der Waals surface area (Å²) >= 11 is 0. The number of hydrogen-bond acceptors (Lipinski definition) is 4. The normalized spacial score (nSPS) is 14.6. The van der Waals surface area contributed by atoms with Gasteiger partial charge in [-0.2, -0.15) is 0 Å². The van der Waals surface area contributed by atoms with Gasteiger partial charge < -0.3 is 20.1 Å². The minimum atomic E-state index is -0.180. The predicted octanol–water partition coefficient (Wildman–Crippen LogP) is 2.81. The Balaban J connectivity index is 1.46. The molecule has 1 heterocycles. The number of aromatic hydroxyl groups is 1. The average molecular weight is 382 g/mol. The highest BCUT2D eigenvalue weighted by Gasteiger charge is 2.25. The van der Waals surface area contributed by atoms with E-state index in [1.165, 1.54) is 6.07 Å². The number of benzene rings is 2. The second-order valence-corrected chi connectivity index (χ2v) is 7.14. The number of nitrogens with zero attached hydrogens (tertiary/aromatic N) is 1. The molecule has 3 rings (SSSR count). The lowest BCUT2D eigenvalue weighted by Gasteiger charge is -2.32. The third-order valence-corrected chi connectivity index (χ3v) is 5.20. The average Bonchev–Trinajstić information content (AvgIpc) is 2.69. The van der Waals surface area contributed by atoms with Gasteiger partial charge in [0.05, 0.1) is 5.56 Å². The molecule has 2 N–H and O–H groups in total. The third-order valence-electron chi connectivity index (χ3n) is 5.20. The third kappa shape index (κ3) is 4.63. The van der Waals surface area contributed by atoms with Gasteiger partial charge in [-0.15, -0.1) is 0 Å². The van der Waals surface area contributed by atoms with Crippen molar-refractivity contribution >= 4 is 11.8 Å². The number of hydrogen-bond donors (Lipinski definition) is 2. The molecule has 1 saturated heterocycles. The van der Waals surface area contributed by atoms with Crippen molar-refractivity contribution < 1.29 is 19.4 Å². The van der Waals surface area contributed by atoms with Gasteiger partial charge in [-0.25, -0.2) is 0 Å². The zero-order valence-corrected chi connectivity index (χ0v) is 16.3. The molecule has 1 aliphatic rings. The molecule has 0 radical (unpaired) electrons. The second kappa shape index (κ2) is 8.78. The molecule has 1 aliphatic heterocycles. The van der Waals surface area contributed by atoms with E-state index >= 15 is 0 Å². The number of piperidine rings is 1. The molecule has 0 spiro atoms. The molecule has 0 aromatic heterocycles. The summed E-state index contributed by atoms with van der Waals surface area (Å²) in [6.07, 6.45) is 1.35. The van der Waals surface area contributed by atoms with Crippen LogP contribution in [0.1, 0.15) is 34.3 Å². The molecule has 2 aromatic rings. The van der Waals surface area contributed by atoms with Crippen LogP contribution in [0, 0.1) is 13.8 Å². The van der Waals surface area contributed by atoms with Gasteiger partial charge in [-0.3, -0.25) is 9.59 Å². The highest BCUT2D eigenvalue weighted by molar-refractivity contribution is 5.96. The van der Waals surface area contributed by atoms with Crippen LogP contribution in [0.5, 0.6) is 11.5 Å². The van der Waals surface area contributed by atoms with E-state index in [2.05, 4.69) is 5.32 Å². The maximum Gasteiger partial charge on any atom is 0.258 e. The van der Waals surface area contributed by atoms with Crippen LogP contribution in [0.2, 0.25) is 0 Å². The van der Waals surface area contributed by atoms with Gasteiger partial charge in [-0.1, -0.05) is 24.3 Å². The fourth-order valence-electron chi connectivity index (χ4n) is 3.34. The van der Waals surface area contributed by atoms with Crippen molar-refractivity contribution in [1.82, 2.24) is 10.2 Å². The van der Waals surface area contributed by atoms with Crippen LogP contribution in [-0.2, 0) is 4.79 Å². The van der Waals surface area contributed by atoms with E-state index in [4.69, 9.17) is 4.74 Å². The number of aryl methyl sites for hydroxylation is 1. The molecule has 1 fully saturated rings. The van der Waals surface area contributed by atoms with E-state index in [1.807, 2.05) is 32.0 Å². The van der Waals surface area contributed by atoms with Crippen molar-refractivity contribution in [2.24, 2.45) is 0 Å². The molecule has 28 heavy (non-hydrogen) atoms. The summed E-state index contributed by atoms with van der Waals surface area (Å²) < 4.78 is 5.65. The number of carbonyl (C=O) groups excluding carboxylic acids is 2. The van der Waals surface area contributed by atoms with Gasteiger partial charge >= 0.3 is 0 Å². The lowest BCUT2D eigenvalue weighted by molar-refractivity contribution is -0.124. The van der Waals surface area contributed by atoms with E-state index in [0.29, 0.717) is 31.5 Å². The molecule has 0 saturated carbocycles. The van der Waals surface area contributed by atoms with E-state index < -0.39 is 0 Å². The number of likely N-dealkylation sites (tertiary alicyclic amines) is 1. The van der Waals surface area contributed by atoms with Crippen LogP contribution in [0.25, 0.3) is 0 Å². The summed E-state index contributed by atoms with van der Waals surface area (Å²) in [6, 6.07) is 12.3. The highest BCUT2D eigenvalue weighted by atomic mass is 16.5. The minimum absolute atomic E-state index is 0.00785. The maximum atomic E-state index is 12.5. The first-order valence-electron chi connectivity index (χ1n) is 9.51. The molecule has 0 aliphatic carbocycles. The van der Waals surface area contributed by atoms with Crippen LogP contribution in [-0.4, -0.2) is 47.6 Å². The van der Waals surface area contributed by atoms with Crippen LogP contribution in [0.15, 0.2) is 42.5 Å². The summed E-state index contributed by atoms with van der Waals surface area (Å²) in [5.41, 5.74) is 2.47. The van der Waals surface area contributed by atoms with Crippen molar-refractivity contribution in [2.45, 2.75) is 32.7 Å². The summed E-state index contributed by atoms with van der Waals surface area (Å²) in [6.45, 7) is 5.03. The first-order chi connectivity index (χ1) is 13.5. The summed E-state index contributed by atoms with van der Waals surface area (Å²) in [7, 11) is 0. The summed E-state index contributed by atoms with van der Waals surface area (Å²) in [5.74, 6) is 0.372. The topological polar surface area (TPSA) is 78.9 Å². The molecule has 0 bridgehead atoms. The van der Waals surface area contributed by atoms with Crippen molar-refractivity contribution in [3.8, 4) is 11.5 Å². The van der Waals surface area contributed by atoms with Crippen molar-refractivity contribution in [3.05, 3.63) is 59.2 Å². The molecular weight excluding hydrogens is 356 g/mol. The Morgan fingerprint density at radius 3 is 2.54 bits per heavy atom. The number of nitrogens with one attached hydrogen (secondary N) is 1. The number of ether oxygens (including phenoxy) is 1. The number of carbonyl (C=O) groups is 2. The van der Waals surface area contributed by atoms with Crippen molar-refractivity contribution in [1.29, 1.82) is 0 Å². The maximum absolute atomic E-state index is 12.5. The minimum Gasteiger partial charge on any atom is -0.507 e. The number of para-hydroxylation sites is 1. The Kier molecular flexibility index (Phi) is 6.19. The van der Waals surface area contributed by atoms with Crippen LogP contribution in [0.4, 0.5) is 0 Å². The zero-order valence-electron chi connectivity index (χ0n) is 16.3. The van der Waals surface area contributed by atoms with Gasteiger partial charge in [0.25, 0.3) is 11.8 Å². The van der Waals surface area contributed by atoms with Gasteiger partial charge in [-0.05, 0) is 56.0 Å². The lowest BCUT2D eigenvalue weighted by Crippen LogP contribution is -2.47. The fraction of sp³-hybridized carbons (Fsp3) is 0.364. The Hall–Kier alpha value is -3.02. The lowest BCUT2D eigenvalue weighted by atomic mass is 10.0. The van der Waals surface area contributed by atoms with E-state index in [0.717, 1.165) is 16.9 Å². The van der Waals surface area contributed by atoms with E-state index in [-0.39, 0.29) is 30.2 Å². The van der Waals surface area contributed by atoms with E-state index in [1.54, 1.807) is 23.1 Å². The molecule has 6 heteroatoms. The molecular formula is C22H26N2O4. The number of phenols is 1. The molecule has 0 atom stereocenters. The van der Waals surface area contributed by atoms with Gasteiger partial charge in [0, 0.05) is 19.1 Å². The van der Waals surface area contributed by atoms with Gasteiger partial charge in [0.15, 0.2) is 6.61 Å². The van der Waals surface area contributed by atoms with Crippen molar-refractivity contribution in [3.63, 3.8) is 0 Å². The Bertz CT molecular complexity index is 857. The Morgan fingerprint density at radius 2 is 1.82 bits per heavy atom. The molecule has 148 valence electrons. The predicted molar refractivity (Wildman–Crippen MR) is 107 cm³/mol. The van der Waals surface area contributed by atoms with Gasteiger partial charge in [0.2, 0.25) is 0 Å². The van der Waals surface area contributed by atoms with Crippen LogP contribution < -0.4 is 10.1 Å². The first-order valence-corrected chi connectivity index (χ1v) is 9.51. The molecule has 2 amide bonds. The van der Waals surface area contributed by atoms with E-state index in [9.17, 15) is 14.7 Å². The van der Waals surface area contributed by atoms with Gasteiger partial charge in [0.1, 0.15) is 11.5 Å². The van der Waals surface area contributed by atoms with Crippen LogP contribution >= 0.6 is 0 Å².